The van der Waals surface area contributed by atoms with Gasteiger partial charge < -0.3 is 41.8 Å². The second-order valence-electron chi connectivity index (χ2n) is 12.6. The fourth-order valence-electron chi connectivity index (χ4n) is 5.75. The van der Waals surface area contributed by atoms with Crippen molar-refractivity contribution >= 4 is 69.2 Å². The van der Waals surface area contributed by atoms with Gasteiger partial charge in [0.25, 0.3) is 11.8 Å². The van der Waals surface area contributed by atoms with Crippen LogP contribution in [0.4, 0.5) is 61.8 Å². The number of nitrogens with zero attached hydrogens (tertiary/aromatic N) is 6. The van der Waals surface area contributed by atoms with Crippen LogP contribution in [0.5, 0.6) is 11.5 Å². The van der Waals surface area contributed by atoms with Gasteiger partial charge in [-0.3, -0.25) is 20.4 Å². The number of hydrogen-bond donors (Lipinski definition) is 8. The SMILES string of the molecule is CNC(=O)c1cnc(Nc2ccc(NNC(=O)c3cnc(Nc4ccc(N)cn4)cc3Nc3ccccc3OC)cn2)cc1Nc1cccc(-c2ncc(F)cn2)c1OC. The molecule has 0 aliphatic rings. The lowest BCUT2D eigenvalue weighted by molar-refractivity contribution is 0.0955. The van der Waals surface area contributed by atoms with Crippen molar-refractivity contribution in [3.8, 4) is 22.9 Å². The van der Waals surface area contributed by atoms with Crippen LogP contribution < -0.4 is 52.6 Å². The monoisotopic (exact) mass is 808 g/mol. The largest absolute Gasteiger partial charge is 0.495 e. The number of amides is 2. The lowest BCUT2D eigenvalue weighted by Gasteiger charge is -2.17. The van der Waals surface area contributed by atoms with E-state index in [9.17, 15) is 14.0 Å². The number of nitrogens with two attached hydrogens (primary N) is 1. The molecule has 60 heavy (non-hydrogen) atoms. The Bertz CT molecular complexity index is 2630. The van der Waals surface area contributed by atoms with Crippen LogP contribution in [-0.2, 0) is 0 Å². The number of anilines is 10. The molecule has 18 nitrogen and oxygen atoms in total. The van der Waals surface area contributed by atoms with Gasteiger partial charge in [0.2, 0.25) is 0 Å². The van der Waals surface area contributed by atoms with Gasteiger partial charge in [-0.15, -0.1) is 0 Å². The molecule has 302 valence electrons. The Morgan fingerprint density at radius 3 is 1.83 bits per heavy atom. The van der Waals surface area contributed by atoms with Crippen LogP contribution >= 0.6 is 0 Å². The summed E-state index contributed by atoms with van der Waals surface area (Å²) in [5, 5.41) is 15.4. The molecule has 0 saturated heterocycles. The van der Waals surface area contributed by atoms with Crippen molar-refractivity contribution in [2.24, 2.45) is 0 Å². The van der Waals surface area contributed by atoms with Crippen LogP contribution in [0.1, 0.15) is 20.7 Å². The smallest absolute Gasteiger partial charge is 0.273 e. The summed E-state index contributed by atoms with van der Waals surface area (Å²) < 4.78 is 24.7. The van der Waals surface area contributed by atoms with Crippen molar-refractivity contribution in [1.82, 2.24) is 40.6 Å². The summed E-state index contributed by atoms with van der Waals surface area (Å²) in [6.45, 7) is 0. The maximum Gasteiger partial charge on any atom is 0.273 e. The predicted octanol–water partition coefficient (Wildman–Crippen LogP) is 6.55. The molecule has 0 aliphatic heterocycles. The average Bonchev–Trinajstić information content (AvgIpc) is 3.27. The van der Waals surface area contributed by atoms with E-state index in [1.165, 1.54) is 38.9 Å². The molecule has 5 aromatic heterocycles. The maximum absolute atomic E-state index is 13.6. The van der Waals surface area contributed by atoms with Crippen molar-refractivity contribution in [2.45, 2.75) is 0 Å². The van der Waals surface area contributed by atoms with Gasteiger partial charge in [-0.1, -0.05) is 18.2 Å². The van der Waals surface area contributed by atoms with Crippen molar-refractivity contribution < 1.29 is 23.5 Å². The fourth-order valence-corrected chi connectivity index (χ4v) is 5.75. The number of rotatable bonds is 15. The summed E-state index contributed by atoms with van der Waals surface area (Å²) >= 11 is 0. The normalized spacial score (nSPS) is 10.5. The van der Waals surface area contributed by atoms with Crippen LogP contribution in [-0.4, -0.2) is 63.0 Å². The molecule has 0 unspecified atom stereocenters. The summed E-state index contributed by atoms with van der Waals surface area (Å²) in [6.07, 6.45) is 8.00. The molecule has 0 bridgehead atoms. The van der Waals surface area contributed by atoms with E-state index in [-0.39, 0.29) is 22.9 Å². The molecule has 0 fully saturated rings. The number of hydrazine groups is 1. The number of nitrogen functional groups attached to an aromatic ring is 1. The molecule has 0 radical (unpaired) electrons. The molecule has 7 rings (SSSR count). The molecular weight excluding hydrogens is 772 g/mol. The summed E-state index contributed by atoms with van der Waals surface area (Å²) in [4.78, 5) is 52.1. The Labute approximate surface area is 342 Å². The number of carbonyl (C=O) groups is 2. The molecule has 19 heteroatoms. The van der Waals surface area contributed by atoms with E-state index >= 15 is 0 Å². The maximum atomic E-state index is 13.6. The molecular formula is C41H37FN14O4. The van der Waals surface area contributed by atoms with Crippen LogP contribution in [0.3, 0.4) is 0 Å². The summed E-state index contributed by atoms with van der Waals surface area (Å²) in [6, 6.07) is 22.6. The number of nitrogens with one attached hydrogen (secondary N) is 7. The first kappa shape index (κ1) is 39.6. The lowest BCUT2D eigenvalue weighted by Crippen LogP contribution is -2.30. The van der Waals surface area contributed by atoms with Crippen LogP contribution in [0.2, 0.25) is 0 Å². The topological polar surface area (TPSA) is 240 Å². The summed E-state index contributed by atoms with van der Waals surface area (Å²) in [7, 11) is 4.55. The Kier molecular flexibility index (Phi) is 12.0. The molecule has 0 spiro atoms. The van der Waals surface area contributed by atoms with Crippen LogP contribution in [0.15, 0.2) is 116 Å². The molecule has 7 aromatic rings. The minimum atomic E-state index is -0.572. The molecule has 5 heterocycles. The predicted molar refractivity (Wildman–Crippen MR) is 226 cm³/mol. The zero-order chi connectivity index (χ0) is 42.0. The molecule has 0 atom stereocenters. The van der Waals surface area contributed by atoms with Gasteiger partial charge in [-0.2, -0.15) is 0 Å². The van der Waals surface area contributed by atoms with Crippen molar-refractivity contribution in [3.05, 3.63) is 133 Å². The van der Waals surface area contributed by atoms with Gasteiger partial charge >= 0.3 is 0 Å². The molecule has 9 N–H and O–H groups in total. The fraction of sp³-hybridized carbons (Fsp3) is 0.0732. The quantitative estimate of drug-likeness (QED) is 0.0512. The summed E-state index contributed by atoms with van der Waals surface area (Å²) in [5.74, 6) is 1.46. The minimum Gasteiger partial charge on any atom is -0.495 e. The summed E-state index contributed by atoms with van der Waals surface area (Å²) in [5.41, 5.74) is 15.3. The highest BCUT2D eigenvalue weighted by Crippen LogP contribution is 2.37. The van der Waals surface area contributed by atoms with Gasteiger partial charge in [0, 0.05) is 31.6 Å². The minimum absolute atomic E-state index is 0.222. The Morgan fingerprint density at radius 2 is 1.22 bits per heavy atom. The Morgan fingerprint density at radius 1 is 0.600 bits per heavy atom. The van der Waals surface area contributed by atoms with E-state index in [2.05, 4.69) is 67.3 Å². The van der Waals surface area contributed by atoms with Gasteiger partial charge in [0.1, 0.15) is 29.0 Å². The lowest BCUT2D eigenvalue weighted by atomic mass is 10.1. The number of pyridine rings is 4. The van der Waals surface area contributed by atoms with Crippen molar-refractivity contribution in [3.63, 3.8) is 0 Å². The highest BCUT2D eigenvalue weighted by molar-refractivity contribution is 6.02. The van der Waals surface area contributed by atoms with Gasteiger partial charge in [-0.25, -0.2) is 34.3 Å². The van der Waals surface area contributed by atoms with Crippen LogP contribution in [0, 0.1) is 5.82 Å². The highest BCUT2D eigenvalue weighted by Gasteiger charge is 2.19. The number of hydrogen-bond acceptors (Lipinski definition) is 16. The Hall–Kier alpha value is -8.61. The van der Waals surface area contributed by atoms with Gasteiger partial charge in [0.05, 0.1) is 89.8 Å². The van der Waals surface area contributed by atoms with Gasteiger partial charge in [0.15, 0.2) is 17.4 Å². The number of ether oxygens (including phenoxy) is 2. The average molecular weight is 809 g/mol. The molecule has 0 aliphatic carbocycles. The second kappa shape index (κ2) is 18.1. The van der Waals surface area contributed by atoms with E-state index in [4.69, 9.17) is 15.2 Å². The number of aromatic nitrogens is 6. The third kappa shape index (κ3) is 9.32. The third-order valence-corrected chi connectivity index (χ3v) is 8.63. The number of methoxy groups -OCH3 is 2. The number of carbonyl (C=O) groups excluding carboxylic acids is 2. The number of halogens is 1. The van der Waals surface area contributed by atoms with E-state index in [0.717, 1.165) is 12.4 Å². The molecule has 0 saturated carbocycles. The highest BCUT2D eigenvalue weighted by atomic mass is 19.1. The molecule has 2 amide bonds. The first-order chi connectivity index (χ1) is 29.2. The van der Waals surface area contributed by atoms with E-state index in [1.807, 2.05) is 18.2 Å². The van der Waals surface area contributed by atoms with E-state index in [1.54, 1.807) is 67.8 Å². The number of para-hydroxylation sites is 3. The van der Waals surface area contributed by atoms with Crippen molar-refractivity contribution in [2.75, 3.05) is 53.7 Å². The zero-order valence-corrected chi connectivity index (χ0v) is 32.2. The van der Waals surface area contributed by atoms with E-state index < -0.39 is 11.7 Å². The van der Waals surface area contributed by atoms with Gasteiger partial charge in [-0.05, 0) is 48.5 Å². The Balaban J connectivity index is 1.06. The first-order valence-corrected chi connectivity index (χ1v) is 18.0. The van der Waals surface area contributed by atoms with Crippen LogP contribution in [0.25, 0.3) is 11.4 Å². The standard InChI is InChI=1S/C41H37FN14O4/c1-44-40(57)27-21-47-36(15-31(27)52-30-9-6-7-26(38(30)60-3)39-49-17-23(42)18-50-39)54-35-14-12-25(20-46-35)55-56-41(58)28-22-48-37(53-34-13-11-24(43)19-45-34)16-32(28)51-29-8-4-5-10-33(29)59-2/h4-22,55H,43H2,1-3H3,(H,44,57)(H,56,58)(H2,45,48,51,53)(H2,46,47,52,54). The second-order valence-corrected chi connectivity index (χ2v) is 12.6. The first-order valence-electron chi connectivity index (χ1n) is 18.0. The molecule has 2 aromatic carbocycles. The zero-order valence-electron chi connectivity index (χ0n) is 32.2. The van der Waals surface area contributed by atoms with E-state index in [0.29, 0.717) is 74.5 Å². The third-order valence-electron chi connectivity index (χ3n) is 8.63. The van der Waals surface area contributed by atoms with Crippen molar-refractivity contribution in [1.29, 1.82) is 0 Å². The number of benzene rings is 2.